The number of nitrogens with zero attached hydrogens (tertiary/aromatic N) is 2. The van der Waals surface area contributed by atoms with Crippen LogP contribution in [-0.2, 0) is 14.8 Å². The SMILES string of the molecule is O=C(NCCC(=O)N1CCN(S(=O)(=O)c2cc(F)ccc2F)CC1)c1ccoc1. The van der Waals surface area contributed by atoms with E-state index in [9.17, 15) is 26.8 Å². The lowest BCUT2D eigenvalue weighted by atomic mass is 10.3. The number of rotatable bonds is 6. The highest BCUT2D eigenvalue weighted by Gasteiger charge is 2.32. The van der Waals surface area contributed by atoms with Gasteiger partial charge in [-0.25, -0.2) is 17.2 Å². The van der Waals surface area contributed by atoms with Crippen molar-refractivity contribution in [2.45, 2.75) is 11.3 Å². The molecule has 156 valence electrons. The minimum atomic E-state index is -4.20. The number of furan rings is 1. The zero-order valence-corrected chi connectivity index (χ0v) is 16.1. The number of sulfonamides is 1. The van der Waals surface area contributed by atoms with Gasteiger partial charge in [-0.15, -0.1) is 0 Å². The molecule has 0 atom stereocenters. The third-order valence-corrected chi connectivity index (χ3v) is 6.42. The summed E-state index contributed by atoms with van der Waals surface area (Å²) in [5, 5.41) is 2.59. The van der Waals surface area contributed by atoms with E-state index in [0.717, 1.165) is 16.4 Å². The van der Waals surface area contributed by atoms with Gasteiger partial charge in [-0.05, 0) is 24.3 Å². The zero-order chi connectivity index (χ0) is 21.0. The smallest absolute Gasteiger partial charge is 0.254 e. The average molecular weight is 427 g/mol. The molecular weight excluding hydrogens is 408 g/mol. The van der Waals surface area contributed by atoms with Crippen molar-refractivity contribution in [3.8, 4) is 0 Å². The van der Waals surface area contributed by atoms with Crippen LogP contribution in [0.5, 0.6) is 0 Å². The summed E-state index contributed by atoms with van der Waals surface area (Å²) >= 11 is 0. The van der Waals surface area contributed by atoms with Gasteiger partial charge in [-0.1, -0.05) is 0 Å². The molecule has 0 bridgehead atoms. The topological polar surface area (TPSA) is 99.9 Å². The highest BCUT2D eigenvalue weighted by atomic mass is 32.2. The van der Waals surface area contributed by atoms with Crippen molar-refractivity contribution in [3.63, 3.8) is 0 Å². The zero-order valence-electron chi connectivity index (χ0n) is 15.3. The lowest BCUT2D eigenvalue weighted by Crippen LogP contribution is -2.51. The predicted molar refractivity (Wildman–Crippen MR) is 97.4 cm³/mol. The van der Waals surface area contributed by atoms with Crippen LogP contribution in [0, 0.1) is 11.6 Å². The first-order valence-corrected chi connectivity index (χ1v) is 10.3. The molecular formula is C18H19F2N3O5S. The maximum Gasteiger partial charge on any atom is 0.254 e. The number of hydrogen-bond acceptors (Lipinski definition) is 5. The van der Waals surface area contributed by atoms with E-state index < -0.39 is 26.6 Å². The standard InChI is InChI=1S/C18H19F2N3O5S/c19-14-1-2-15(20)16(11-14)29(26,27)23-8-6-22(7-9-23)17(24)3-5-21-18(25)13-4-10-28-12-13/h1-2,4,10-12H,3,5-9H2,(H,21,25). The summed E-state index contributed by atoms with van der Waals surface area (Å²) in [6.07, 6.45) is 2.70. The third kappa shape index (κ3) is 4.80. The van der Waals surface area contributed by atoms with Crippen LogP contribution >= 0.6 is 0 Å². The summed E-state index contributed by atoms with van der Waals surface area (Å²) < 4.78 is 58.1. The van der Waals surface area contributed by atoms with E-state index in [-0.39, 0.29) is 51.0 Å². The summed E-state index contributed by atoms with van der Waals surface area (Å²) in [6, 6.07) is 3.75. The molecule has 2 aromatic rings. The third-order valence-electron chi connectivity index (χ3n) is 4.51. The van der Waals surface area contributed by atoms with Crippen molar-refractivity contribution in [2.75, 3.05) is 32.7 Å². The second-order valence-electron chi connectivity index (χ2n) is 6.38. The van der Waals surface area contributed by atoms with Crippen molar-refractivity contribution in [1.29, 1.82) is 0 Å². The van der Waals surface area contributed by atoms with Crippen LogP contribution in [-0.4, -0.2) is 62.2 Å². The first kappa shape index (κ1) is 20.9. The van der Waals surface area contributed by atoms with Crippen molar-refractivity contribution >= 4 is 21.8 Å². The molecule has 1 saturated heterocycles. The Morgan fingerprint density at radius 1 is 1.10 bits per heavy atom. The molecule has 11 heteroatoms. The lowest BCUT2D eigenvalue weighted by Gasteiger charge is -2.34. The Balaban J connectivity index is 1.51. The van der Waals surface area contributed by atoms with Gasteiger partial charge in [0, 0.05) is 39.1 Å². The normalized spacial score (nSPS) is 15.3. The van der Waals surface area contributed by atoms with Gasteiger partial charge in [0.2, 0.25) is 15.9 Å². The number of halogens is 2. The quantitative estimate of drug-likeness (QED) is 0.747. The van der Waals surface area contributed by atoms with Crippen LogP contribution in [0.15, 0.2) is 46.1 Å². The number of piperazine rings is 1. The highest BCUT2D eigenvalue weighted by Crippen LogP contribution is 2.21. The first-order valence-electron chi connectivity index (χ1n) is 8.82. The van der Waals surface area contributed by atoms with Crippen molar-refractivity contribution in [2.24, 2.45) is 0 Å². The number of benzene rings is 1. The van der Waals surface area contributed by atoms with Crippen LogP contribution in [0.2, 0.25) is 0 Å². The summed E-state index contributed by atoms with van der Waals surface area (Å²) in [5.74, 6) is -2.49. The van der Waals surface area contributed by atoms with E-state index in [0.29, 0.717) is 11.6 Å². The maximum absolute atomic E-state index is 13.9. The van der Waals surface area contributed by atoms with Crippen LogP contribution in [0.3, 0.4) is 0 Å². The summed E-state index contributed by atoms with van der Waals surface area (Å²) in [4.78, 5) is 24.8. The Bertz CT molecular complexity index is 987. The highest BCUT2D eigenvalue weighted by molar-refractivity contribution is 7.89. The van der Waals surface area contributed by atoms with Gasteiger partial charge >= 0.3 is 0 Å². The molecule has 0 saturated carbocycles. The maximum atomic E-state index is 13.9. The van der Waals surface area contributed by atoms with Gasteiger partial charge in [-0.3, -0.25) is 9.59 Å². The van der Waals surface area contributed by atoms with Crippen LogP contribution in [0.1, 0.15) is 16.8 Å². The average Bonchev–Trinajstić information content (AvgIpc) is 3.24. The number of hydrogen-bond donors (Lipinski definition) is 1. The molecule has 1 aliphatic heterocycles. The van der Waals surface area contributed by atoms with Crippen molar-refractivity contribution in [3.05, 3.63) is 54.0 Å². The molecule has 1 fully saturated rings. The summed E-state index contributed by atoms with van der Waals surface area (Å²) in [7, 11) is -4.20. The van der Waals surface area contributed by atoms with E-state index in [1.165, 1.54) is 23.5 Å². The first-order chi connectivity index (χ1) is 13.8. The molecule has 3 rings (SSSR count). The molecule has 8 nitrogen and oxygen atoms in total. The van der Waals surface area contributed by atoms with Gasteiger partial charge < -0.3 is 14.6 Å². The van der Waals surface area contributed by atoms with Crippen LogP contribution in [0.25, 0.3) is 0 Å². The van der Waals surface area contributed by atoms with E-state index in [1.54, 1.807) is 0 Å². The van der Waals surface area contributed by atoms with E-state index in [4.69, 9.17) is 4.42 Å². The van der Waals surface area contributed by atoms with Crippen molar-refractivity contribution < 1.29 is 31.2 Å². The molecule has 1 aromatic carbocycles. The summed E-state index contributed by atoms with van der Waals surface area (Å²) in [5.41, 5.74) is 0.348. The monoisotopic (exact) mass is 427 g/mol. The molecule has 0 unspecified atom stereocenters. The number of carbonyl (C=O) groups excluding carboxylic acids is 2. The second kappa shape index (κ2) is 8.70. The fraction of sp³-hybridized carbons (Fsp3) is 0.333. The van der Waals surface area contributed by atoms with E-state index >= 15 is 0 Å². The Hall–Kier alpha value is -2.79. The molecule has 29 heavy (non-hydrogen) atoms. The Labute approximate surface area is 166 Å². The van der Waals surface area contributed by atoms with Gasteiger partial charge in [-0.2, -0.15) is 4.31 Å². The molecule has 1 N–H and O–H groups in total. The molecule has 0 aliphatic carbocycles. The van der Waals surface area contributed by atoms with Gasteiger partial charge in [0.1, 0.15) is 22.8 Å². The Kier molecular flexibility index (Phi) is 6.28. The van der Waals surface area contributed by atoms with Crippen molar-refractivity contribution in [1.82, 2.24) is 14.5 Å². The molecule has 2 heterocycles. The van der Waals surface area contributed by atoms with Gasteiger partial charge in [0.05, 0.1) is 11.8 Å². The Morgan fingerprint density at radius 2 is 1.83 bits per heavy atom. The van der Waals surface area contributed by atoms with Gasteiger partial charge in [0.15, 0.2) is 0 Å². The molecule has 1 aliphatic rings. The number of nitrogens with one attached hydrogen (secondary N) is 1. The van der Waals surface area contributed by atoms with Crippen LogP contribution < -0.4 is 5.32 Å². The fourth-order valence-corrected chi connectivity index (χ4v) is 4.43. The predicted octanol–water partition coefficient (Wildman–Crippen LogP) is 1.21. The largest absolute Gasteiger partial charge is 0.472 e. The fourth-order valence-electron chi connectivity index (χ4n) is 2.93. The Morgan fingerprint density at radius 3 is 2.48 bits per heavy atom. The minimum absolute atomic E-state index is 0.0363. The lowest BCUT2D eigenvalue weighted by molar-refractivity contribution is -0.132. The van der Waals surface area contributed by atoms with E-state index in [2.05, 4.69) is 5.32 Å². The molecule has 0 spiro atoms. The van der Waals surface area contributed by atoms with Gasteiger partial charge in [0.25, 0.3) is 5.91 Å². The minimum Gasteiger partial charge on any atom is -0.472 e. The molecule has 2 amide bonds. The van der Waals surface area contributed by atoms with Crippen LogP contribution in [0.4, 0.5) is 8.78 Å². The molecule has 1 aromatic heterocycles. The summed E-state index contributed by atoms with van der Waals surface area (Å²) in [6.45, 7) is 0.280. The number of carbonyl (C=O) groups is 2. The molecule has 0 radical (unpaired) electrons. The number of amides is 2. The second-order valence-corrected chi connectivity index (χ2v) is 8.28. The van der Waals surface area contributed by atoms with E-state index in [1.807, 2.05) is 0 Å².